The summed E-state index contributed by atoms with van der Waals surface area (Å²) < 4.78 is 39.6. The molecule has 1 N–H and O–H groups in total. The van der Waals surface area contributed by atoms with E-state index in [1.165, 1.54) is 17.6 Å². The predicted molar refractivity (Wildman–Crippen MR) is 64.8 cm³/mol. The predicted octanol–water partition coefficient (Wildman–Crippen LogP) is 2.24. The maximum Gasteiger partial charge on any atom is 0.267 e. The minimum absolute atomic E-state index is 0.0835. The van der Waals surface area contributed by atoms with E-state index in [0.717, 1.165) is 17.4 Å². The van der Waals surface area contributed by atoms with E-state index in [9.17, 15) is 12.8 Å². The van der Waals surface area contributed by atoms with Crippen LogP contribution in [0.2, 0.25) is 0 Å². The number of hydrogen-bond acceptors (Lipinski definition) is 5. The van der Waals surface area contributed by atoms with Gasteiger partial charge in [-0.2, -0.15) is 0 Å². The molecule has 0 fully saturated rings. The molecule has 5 nitrogen and oxygen atoms in total. The lowest BCUT2D eigenvalue weighted by molar-refractivity contribution is 0.568. The number of rotatable bonds is 3. The van der Waals surface area contributed by atoms with Gasteiger partial charge >= 0.3 is 0 Å². The van der Waals surface area contributed by atoms with Crippen molar-refractivity contribution < 1.29 is 12.8 Å². The van der Waals surface area contributed by atoms with Gasteiger partial charge < -0.3 is 0 Å². The molecule has 0 atom stereocenters. The molecule has 0 radical (unpaired) electrons. The maximum atomic E-state index is 13.5. The molecule has 90 valence electrons. The Hall–Kier alpha value is -1.06. The van der Waals surface area contributed by atoms with Crippen LogP contribution < -0.4 is 4.72 Å². The number of aromatic nitrogens is 2. The van der Waals surface area contributed by atoms with Crippen molar-refractivity contribution >= 4 is 42.4 Å². The van der Waals surface area contributed by atoms with Crippen molar-refractivity contribution in [1.29, 1.82) is 0 Å². The fourth-order valence-corrected chi connectivity index (χ4v) is 3.94. The molecule has 2 aromatic rings. The first-order valence-electron chi connectivity index (χ1n) is 4.24. The van der Waals surface area contributed by atoms with Gasteiger partial charge in [0.15, 0.2) is 0 Å². The molecular weight excluding hydrogens is 333 g/mol. The quantitative estimate of drug-likeness (QED) is 0.932. The minimum Gasteiger partial charge on any atom is -0.253 e. The Kier molecular flexibility index (Phi) is 3.40. The highest BCUT2D eigenvalue weighted by atomic mass is 79.9. The lowest BCUT2D eigenvalue weighted by Gasteiger charge is -2.07. The Labute approximate surface area is 109 Å². The summed E-state index contributed by atoms with van der Waals surface area (Å²) in [5.74, 6) is -0.837. The largest absolute Gasteiger partial charge is 0.267 e. The number of nitrogens with zero attached hydrogens (tertiary/aromatic N) is 2. The zero-order valence-electron chi connectivity index (χ0n) is 8.09. The summed E-state index contributed by atoms with van der Waals surface area (Å²) in [5, 5.41) is 7.09. The van der Waals surface area contributed by atoms with Gasteiger partial charge in [0.1, 0.15) is 16.2 Å². The maximum absolute atomic E-state index is 13.5. The Morgan fingerprint density at radius 1 is 1.41 bits per heavy atom. The number of sulfonamides is 1. The Morgan fingerprint density at radius 3 is 2.76 bits per heavy atom. The number of hydrogen-bond donors (Lipinski definition) is 1. The van der Waals surface area contributed by atoms with E-state index < -0.39 is 20.7 Å². The average molecular weight is 338 g/mol. The van der Waals surface area contributed by atoms with Crippen LogP contribution in [0.15, 0.2) is 33.1 Å². The Morgan fingerprint density at radius 2 is 2.18 bits per heavy atom. The number of anilines is 1. The zero-order valence-corrected chi connectivity index (χ0v) is 11.3. The molecule has 0 aliphatic heterocycles. The molecule has 0 saturated heterocycles. The average Bonchev–Trinajstić information content (AvgIpc) is 2.68. The molecule has 0 saturated carbocycles. The van der Waals surface area contributed by atoms with Crippen molar-refractivity contribution in [3.05, 3.63) is 34.0 Å². The topological polar surface area (TPSA) is 72.0 Å². The monoisotopic (exact) mass is 337 g/mol. The second kappa shape index (κ2) is 4.67. The molecular formula is C8H5BrFN3O2S2. The van der Waals surface area contributed by atoms with Crippen LogP contribution in [0.1, 0.15) is 0 Å². The fourth-order valence-electron chi connectivity index (χ4n) is 1.12. The van der Waals surface area contributed by atoms with E-state index in [4.69, 9.17) is 0 Å². The summed E-state index contributed by atoms with van der Waals surface area (Å²) in [4.78, 5) is -0.449. The summed E-state index contributed by atoms with van der Waals surface area (Å²) >= 11 is 4.00. The van der Waals surface area contributed by atoms with E-state index in [1.54, 1.807) is 0 Å². The summed E-state index contributed by atoms with van der Waals surface area (Å²) in [6.45, 7) is 0. The molecule has 2 rings (SSSR count). The van der Waals surface area contributed by atoms with Gasteiger partial charge in [0.05, 0.1) is 0 Å². The van der Waals surface area contributed by atoms with Crippen LogP contribution in [0.3, 0.4) is 0 Å². The lowest BCUT2D eigenvalue weighted by atomic mass is 10.3. The zero-order chi connectivity index (χ0) is 12.5. The first-order chi connectivity index (χ1) is 8.00. The first kappa shape index (κ1) is 12.4. The summed E-state index contributed by atoms with van der Waals surface area (Å²) in [7, 11) is -4.01. The Bertz CT molecular complexity index is 610. The minimum atomic E-state index is -4.01. The van der Waals surface area contributed by atoms with Crippen LogP contribution in [-0.4, -0.2) is 18.6 Å². The first-order valence-corrected chi connectivity index (χ1v) is 7.39. The number of nitrogens with one attached hydrogen (secondary N) is 1. The number of halogens is 2. The normalized spacial score (nSPS) is 11.4. The molecule has 0 spiro atoms. The van der Waals surface area contributed by atoms with Gasteiger partial charge in [-0.05, 0) is 28.1 Å². The van der Waals surface area contributed by atoms with Gasteiger partial charge in [-0.3, -0.25) is 4.72 Å². The van der Waals surface area contributed by atoms with Gasteiger partial charge in [0.2, 0.25) is 5.13 Å². The summed E-state index contributed by atoms with van der Waals surface area (Å²) in [5.41, 5.74) is 1.37. The Balaban J connectivity index is 2.45. The second-order valence-corrected chi connectivity index (χ2v) is 6.21. The smallest absolute Gasteiger partial charge is 0.253 e. The molecule has 0 bridgehead atoms. The van der Waals surface area contributed by atoms with Crippen molar-refractivity contribution in [3.63, 3.8) is 0 Å². The molecule has 9 heteroatoms. The number of benzene rings is 1. The third kappa shape index (κ3) is 2.61. The molecule has 0 aliphatic rings. The highest BCUT2D eigenvalue weighted by Gasteiger charge is 2.23. The van der Waals surface area contributed by atoms with Crippen molar-refractivity contribution in [2.75, 3.05) is 4.72 Å². The molecule has 0 aliphatic carbocycles. The van der Waals surface area contributed by atoms with Crippen LogP contribution in [0, 0.1) is 5.82 Å². The highest BCUT2D eigenvalue weighted by molar-refractivity contribution is 9.10. The van der Waals surface area contributed by atoms with Crippen molar-refractivity contribution in [3.8, 4) is 0 Å². The van der Waals surface area contributed by atoms with E-state index in [1.807, 2.05) is 0 Å². The third-order valence-electron chi connectivity index (χ3n) is 1.77. The van der Waals surface area contributed by atoms with Crippen molar-refractivity contribution in [1.82, 2.24) is 10.2 Å². The van der Waals surface area contributed by atoms with E-state index in [-0.39, 0.29) is 9.60 Å². The van der Waals surface area contributed by atoms with Crippen LogP contribution >= 0.6 is 27.3 Å². The standard InChI is InChI=1S/C8H5BrFN3O2S2/c9-5-2-1-3-6(10)7(5)17(14,15)13-8-12-11-4-16-8/h1-4H,(H,12,13). The molecule has 17 heavy (non-hydrogen) atoms. The van der Waals surface area contributed by atoms with E-state index >= 15 is 0 Å². The molecule has 1 heterocycles. The molecule has 0 unspecified atom stereocenters. The van der Waals surface area contributed by atoms with Crippen molar-refractivity contribution in [2.45, 2.75) is 4.90 Å². The van der Waals surface area contributed by atoms with Crippen LogP contribution in [0.4, 0.5) is 9.52 Å². The van der Waals surface area contributed by atoms with Gasteiger partial charge in [0, 0.05) is 4.47 Å². The van der Waals surface area contributed by atoms with Crippen LogP contribution in [-0.2, 0) is 10.0 Å². The second-order valence-electron chi connectivity index (χ2n) is 2.90. The van der Waals surface area contributed by atoms with Gasteiger partial charge in [-0.25, -0.2) is 12.8 Å². The third-order valence-corrected chi connectivity index (χ3v) is 4.84. The SMILES string of the molecule is O=S(=O)(Nc1nncs1)c1c(F)cccc1Br. The summed E-state index contributed by atoms with van der Waals surface area (Å²) in [6.07, 6.45) is 0. The molecule has 0 amide bonds. The molecule has 1 aromatic carbocycles. The summed E-state index contributed by atoms with van der Waals surface area (Å²) in [6, 6.07) is 3.92. The van der Waals surface area contributed by atoms with Gasteiger partial charge in [0.25, 0.3) is 10.0 Å². The van der Waals surface area contributed by atoms with Crippen molar-refractivity contribution in [2.24, 2.45) is 0 Å². The van der Waals surface area contributed by atoms with Crippen LogP contribution in [0.5, 0.6) is 0 Å². The molecule has 1 aromatic heterocycles. The highest BCUT2D eigenvalue weighted by Crippen LogP contribution is 2.26. The lowest BCUT2D eigenvalue weighted by Crippen LogP contribution is -2.15. The van der Waals surface area contributed by atoms with Crippen LogP contribution in [0.25, 0.3) is 0 Å². The van der Waals surface area contributed by atoms with Gasteiger partial charge in [-0.15, -0.1) is 10.2 Å². The van der Waals surface area contributed by atoms with E-state index in [2.05, 4.69) is 30.8 Å². The van der Waals surface area contributed by atoms with Gasteiger partial charge in [-0.1, -0.05) is 17.4 Å². The fraction of sp³-hybridized carbons (Fsp3) is 0. The van der Waals surface area contributed by atoms with E-state index in [0.29, 0.717) is 0 Å².